The van der Waals surface area contributed by atoms with Crippen LogP contribution in [0, 0.1) is 11.3 Å². The molecule has 4 aromatic carbocycles. The highest BCUT2D eigenvalue weighted by Crippen LogP contribution is 2.71. The Morgan fingerprint density at radius 2 is 1.10 bits per heavy atom. The summed E-state index contributed by atoms with van der Waals surface area (Å²) in [5, 5.41) is 21.7. The van der Waals surface area contributed by atoms with Gasteiger partial charge in [0.15, 0.2) is 0 Å². The van der Waals surface area contributed by atoms with Crippen LogP contribution in [0.1, 0.15) is 69.4 Å². The van der Waals surface area contributed by atoms with E-state index in [9.17, 15) is 10.2 Å². The number of benzene rings is 4. The predicted octanol–water partition coefficient (Wildman–Crippen LogP) is 9.39. The lowest BCUT2D eigenvalue weighted by atomic mass is 9.37. The minimum atomic E-state index is 0.108. The van der Waals surface area contributed by atoms with Crippen molar-refractivity contribution in [2.75, 3.05) is 0 Å². The van der Waals surface area contributed by atoms with Crippen molar-refractivity contribution in [3.8, 4) is 33.8 Å². The molecule has 0 aliphatic heterocycles. The lowest BCUT2D eigenvalue weighted by molar-refractivity contribution is -0.0944. The van der Waals surface area contributed by atoms with Gasteiger partial charge in [-0.1, -0.05) is 86.1 Å². The third-order valence-corrected chi connectivity index (χ3v) is 10.4. The maximum Gasteiger partial charge on any atom is 0.123 e. The van der Waals surface area contributed by atoms with E-state index in [2.05, 4.69) is 55.5 Å². The fourth-order valence-corrected chi connectivity index (χ4v) is 9.52. The first-order valence-corrected chi connectivity index (χ1v) is 14.7. The molecule has 0 aromatic heterocycles. The van der Waals surface area contributed by atoms with Crippen molar-refractivity contribution in [1.82, 2.24) is 0 Å². The molecule has 4 bridgehead atoms. The average molecular weight is 515 g/mol. The highest BCUT2D eigenvalue weighted by molar-refractivity contribution is 5.72. The van der Waals surface area contributed by atoms with Crippen molar-refractivity contribution in [2.24, 2.45) is 11.3 Å². The topological polar surface area (TPSA) is 40.5 Å². The average Bonchev–Trinajstić information content (AvgIpc) is 2.93. The van der Waals surface area contributed by atoms with Crippen LogP contribution in [0.5, 0.6) is 11.5 Å². The Bertz CT molecular complexity index is 1400. The standard InChI is InChI=1S/C37H38O2/c1-2-17-35-20-26-21-36(23-35,29-13-15-33(38)31(18-29)27-9-5-3-6-10-27)25-37(22-26,24-35)30-14-16-34(39)32(19-30)28-11-7-4-8-12-28/h3-16,18-19,26,38-39H,2,17,20-25H2,1H3. The Morgan fingerprint density at radius 3 is 1.56 bits per heavy atom. The Labute approximate surface area is 232 Å². The zero-order chi connectivity index (χ0) is 26.7. The molecule has 2 atom stereocenters. The summed E-state index contributed by atoms with van der Waals surface area (Å²) in [7, 11) is 0. The van der Waals surface area contributed by atoms with Gasteiger partial charge < -0.3 is 10.2 Å². The second-order valence-corrected chi connectivity index (χ2v) is 13.0. The third kappa shape index (κ3) is 3.99. The maximum atomic E-state index is 10.9. The van der Waals surface area contributed by atoms with Gasteiger partial charge in [0.1, 0.15) is 11.5 Å². The molecule has 2 nitrogen and oxygen atoms in total. The first-order valence-electron chi connectivity index (χ1n) is 14.7. The monoisotopic (exact) mass is 514 g/mol. The SMILES string of the molecule is CCCC12CC3CC(c4ccc(O)c(-c5ccccc5)c4)(C1)CC(c1ccc(O)c(-c4ccccc4)c1)(C3)C2. The molecule has 0 heterocycles. The van der Waals surface area contributed by atoms with Crippen LogP contribution in [-0.2, 0) is 10.8 Å². The summed E-state index contributed by atoms with van der Waals surface area (Å²) in [4.78, 5) is 0. The molecule has 4 fully saturated rings. The van der Waals surface area contributed by atoms with Crippen molar-refractivity contribution >= 4 is 0 Å². The van der Waals surface area contributed by atoms with Crippen molar-refractivity contribution < 1.29 is 10.2 Å². The Kier molecular flexibility index (Phi) is 5.67. The van der Waals surface area contributed by atoms with Crippen LogP contribution < -0.4 is 0 Å². The van der Waals surface area contributed by atoms with Gasteiger partial charge in [-0.25, -0.2) is 0 Å². The quantitative estimate of drug-likeness (QED) is 0.269. The zero-order valence-corrected chi connectivity index (χ0v) is 22.9. The van der Waals surface area contributed by atoms with Crippen LogP contribution in [0.4, 0.5) is 0 Å². The second kappa shape index (κ2) is 9.01. The first-order chi connectivity index (χ1) is 18.9. The van der Waals surface area contributed by atoms with Crippen LogP contribution >= 0.6 is 0 Å². The molecule has 4 aliphatic rings. The van der Waals surface area contributed by atoms with Crippen LogP contribution in [0.3, 0.4) is 0 Å². The van der Waals surface area contributed by atoms with Gasteiger partial charge in [-0.15, -0.1) is 0 Å². The summed E-state index contributed by atoms with van der Waals surface area (Å²) >= 11 is 0. The van der Waals surface area contributed by atoms with Crippen molar-refractivity contribution in [3.63, 3.8) is 0 Å². The van der Waals surface area contributed by atoms with Crippen molar-refractivity contribution in [3.05, 3.63) is 108 Å². The Balaban J connectivity index is 1.37. The van der Waals surface area contributed by atoms with Crippen LogP contribution in [0.2, 0.25) is 0 Å². The highest BCUT2D eigenvalue weighted by atomic mass is 16.3. The fourth-order valence-electron chi connectivity index (χ4n) is 9.52. The lowest BCUT2D eigenvalue weighted by Gasteiger charge is -2.67. The van der Waals surface area contributed by atoms with Crippen LogP contribution in [0.25, 0.3) is 22.3 Å². The van der Waals surface area contributed by atoms with E-state index in [0.717, 1.165) is 28.7 Å². The van der Waals surface area contributed by atoms with E-state index in [1.165, 1.54) is 56.1 Å². The predicted molar refractivity (Wildman–Crippen MR) is 159 cm³/mol. The van der Waals surface area contributed by atoms with Gasteiger partial charge in [-0.3, -0.25) is 0 Å². The number of hydrogen-bond acceptors (Lipinski definition) is 2. The van der Waals surface area contributed by atoms with Crippen molar-refractivity contribution in [1.29, 1.82) is 0 Å². The third-order valence-electron chi connectivity index (χ3n) is 10.4. The molecule has 0 spiro atoms. The Hall–Kier alpha value is -3.52. The molecule has 4 saturated carbocycles. The molecule has 4 aromatic rings. The molecule has 0 amide bonds. The molecule has 2 unspecified atom stereocenters. The Morgan fingerprint density at radius 1 is 0.615 bits per heavy atom. The van der Waals surface area contributed by atoms with E-state index in [4.69, 9.17) is 0 Å². The molecule has 8 rings (SSSR count). The number of phenolic OH excluding ortho intramolecular Hbond substituents is 2. The molecular formula is C37H38O2. The summed E-state index contributed by atoms with van der Waals surface area (Å²) in [6.07, 6.45) is 9.95. The number of hydrogen-bond donors (Lipinski definition) is 2. The summed E-state index contributed by atoms with van der Waals surface area (Å²) in [5.74, 6) is 1.42. The molecule has 39 heavy (non-hydrogen) atoms. The first kappa shape index (κ1) is 24.5. The molecule has 2 heteroatoms. The van der Waals surface area contributed by atoms with E-state index in [1.54, 1.807) is 0 Å². The zero-order valence-electron chi connectivity index (χ0n) is 22.9. The highest BCUT2D eigenvalue weighted by Gasteiger charge is 2.63. The van der Waals surface area contributed by atoms with Gasteiger partial charge >= 0.3 is 0 Å². The van der Waals surface area contributed by atoms with E-state index >= 15 is 0 Å². The molecule has 0 saturated heterocycles. The van der Waals surface area contributed by atoms with Crippen molar-refractivity contribution in [2.45, 2.75) is 69.1 Å². The van der Waals surface area contributed by atoms with Gasteiger partial charge in [-0.05, 0) is 114 Å². The fraction of sp³-hybridized carbons (Fsp3) is 0.351. The summed E-state index contributed by atoms with van der Waals surface area (Å²) < 4.78 is 0. The summed E-state index contributed by atoms with van der Waals surface area (Å²) in [5.41, 5.74) is 7.40. The molecule has 2 N–H and O–H groups in total. The summed E-state index contributed by atoms with van der Waals surface area (Å²) in [6.45, 7) is 2.35. The normalized spacial score (nSPS) is 29.0. The molecule has 198 valence electrons. The van der Waals surface area contributed by atoms with Gasteiger partial charge in [0.2, 0.25) is 0 Å². The van der Waals surface area contributed by atoms with E-state index in [-0.39, 0.29) is 10.8 Å². The minimum absolute atomic E-state index is 0.108. The summed E-state index contributed by atoms with van der Waals surface area (Å²) in [6, 6.07) is 33.6. The molecular weight excluding hydrogens is 476 g/mol. The van der Waals surface area contributed by atoms with Crippen LogP contribution in [0.15, 0.2) is 97.1 Å². The van der Waals surface area contributed by atoms with Gasteiger partial charge in [0.05, 0.1) is 0 Å². The van der Waals surface area contributed by atoms with E-state index in [0.29, 0.717) is 22.8 Å². The van der Waals surface area contributed by atoms with E-state index < -0.39 is 0 Å². The lowest BCUT2D eigenvalue weighted by Crippen LogP contribution is -2.60. The van der Waals surface area contributed by atoms with Gasteiger partial charge in [0.25, 0.3) is 0 Å². The molecule has 0 radical (unpaired) electrons. The number of phenols is 2. The largest absolute Gasteiger partial charge is 0.507 e. The van der Waals surface area contributed by atoms with Gasteiger partial charge in [-0.2, -0.15) is 0 Å². The second-order valence-electron chi connectivity index (χ2n) is 13.0. The smallest absolute Gasteiger partial charge is 0.123 e. The number of rotatable bonds is 6. The number of aromatic hydroxyl groups is 2. The molecule has 4 aliphatic carbocycles. The van der Waals surface area contributed by atoms with Crippen LogP contribution in [-0.4, -0.2) is 10.2 Å². The van der Waals surface area contributed by atoms with Gasteiger partial charge in [0, 0.05) is 11.1 Å². The maximum absolute atomic E-state index is 10.9. The van der Waals surface area contributed by atoms with E-state index in [1.807, 2.05) is 48.5 Å². The minimum Gasteiger partial charge on any atom is -0.507 e.